The van der Waals surface area contributed by atoms with E-state index in [0.29, 0.717) is 9.04 Å². The van der Waals surface area contributed by atoms with Gasteiger partial charge in [-0.3, -0.25) is 0 Å². The first-order chi connectivity index (χ1) is 6.59. The van der Waals surface area contributed by atoms with Crippen molar-refractivity contribution in [3.05, 3.63) is 33.2 Å². The van der Waals surface area contributed by atoms with Crippen molar-refractivity contribution in [2.24, 2.45) is 0 Å². The van der Waals surface area contributed by atoms with Gasteiger partial charge in [-0.2, -0.15) is 8.78 Å². The average Bonchev–Trinajstić information content (AvgIpc) is 2.40. The summed E-state index contributed by atoms with van der Waals surface area (Å²) in [5.74, 6) is -1.05. The SMILES string of the molecule is O=c1oc2ccc(Br)cc2n1C(F)F. The van der Waals surface area contributed by atoms with E-state index in [1.54, 1.807) is 6.07 Å². The lowest BCUT2D eigenvalue weighted by Crippen LogP contribution is -2.14. The summed E-state index contributed by atoms with van der Waals surface area (Å²) in [6.45, 7) is -2.89. The fourth-order valence-electron chi connectivity index (χ4n) is 1.19. The Labute approximate surface area is 85.1 Å². The first-order valence-electron chi connectivity index (χ1n) is 3.68. The number of rotatable bonds is 1. The van der Waals surface area contributed by atoms with Crippen LogP contribution in [0.2, 0.25) is 0 Å². The molecule has 0 fully saturated rings. The average molecular weight is 264 g/mol. The highest BCUT2D eigenvalue weighted by atomic mass is 79.9. The molecule has 2 rings (SSSR count). The summed E-state index contributed by atoms with van der Waals surface area (Å²) in [6, 6.07) is 4.48. The Hall–Kier alpha value is -1.17. The largest absolute Gasteiger partial charge is 0.424 e. The maximum Gasteiger partial charge on any atom is 0.424 e. The summed E-state index contributed by atoms with van der Waals surface area (Å²) in [5, 5.41) is 0. The van der Waals surface area contributed by atoms with Crippen LogP contribution in [0.5, 0.6) is 0 Å². The van der Waals surface area contributed by atoms with Gasteiger partial charge in [0, 0.05) is 4.47 Å². The molecule has 1 aromatic carbocycles. The van der Waals surface area contributed by atoms with Gasteiger partial charge < -0.3 is 4.42 Å². The molecule has 0 aliphatic carbocycles. The van der Waals surface area contributed by atoms with Crippen molar-refractivity contribution in [1.29, 1.82) is 0 Å². The molecule has 2 aromatic rings. The molecule has 0 atom stereocenters. The first-order valence-corrected chi connectivity index (χ1v) is 4.47. The standard InChI is InChI=1S/C8H4BrF2NO2/c9-4-1-2-6-5(3-4)12(7(10)11)8(13)14-6/h1-3,7H. The Bertz CT molecular complexity index is 532. The predicted octanol–water partition coefficient (Wildman–Crippen LogP) is 2.75. The van der Waals surface area contributed by atoms with Gasteiger partial charge in [-0.15, -0.1) is 0 Å². The van der Waals surface area contributed by atoms with Gasteiger partial charge in [0.15, 0.2) is 5.58 Å². The van der Waals surface area contributed by atoms with E-state index in [9.17, 15) is 13.6 Å². The van der Waals surface area contributed by atoms with E-state index in [-0.39, 0.29) is 11.1 Å². The van der Waals surface area contributed by atoms with Crippen LogP contribution >= 0.6 is 15.9 Å². The monoisotopic (exact) mass is 263 g/mol. The van der Waals surface area contributed by atoms with Gasteiger partial charge in [0.25, 0.3) is 0 Å². The fourth-order valence-corrected chi connectivity index (χ4v) is 1.54. The van der Waals surface area contributed by atoms with Crippen molar-refractivity contribution in [3.63, 3.8) is 0 Å². The van der Waals surface area contributed by atoms with Crippen LogP contribution in [0.4, 0.5) is 8.78 Å². The highest BCUT2D eigenvalue weighted by Crippen LogP contribution is 2.22. The van der Waals surface area contributed by atoms with E-state index >= 15 is 0 Å². The van der Waals surface area contributed by atoms with Crippen LogP contribution in [0.25, 0.3) is 11.1 Å². The van der Waals surface area contributed by atoms with Crippen molar-refractivity contribution in [2.45, 2.75) is 6.55 Å². The maximum absolute atomic E-state index is 12.4. The highest BCUT2D eigenvalue weighted by Gasteiger charge is 2.16. The molecule has 14 heavy (non-hydrogen) atoms. The summed E-state index contributed by atoms with van der Waals surface area (Å²) in [5.41, 5.74) is 0.234. The molecule has 0 spiro atoms. The number of benzene rings is 1. The number of hydrogen-bond donors (Lipinski definition) is 0. The van der Waals surface area contributed by atoms with Crippen LogP contribution in [0.1, 0.15) is 6.55 Å². The van der Waals surface area contributed by atoms with Crippen molar-refractivity contribution >= 4 is 27.0 Å². The molecule has 0 amide bonds. The lowest BCUT2D eigenvalue weighted by Gasteiger charge is -1.98. The van der Waals surface area contributed by atoms with Gasteiger partial charge in [-0.25, -0.2) is 9.36 Å². The van der Waals surface area contributed by atoms with E-state index in [1.807, 2.05) is 0 Å². The number of aromatic nitrogens is 1. The fraction of sp³-hybridized carbons (Fsp3) is 0.125. The number of halogens is 3. The molecule has 1 heterocycles. The third kappa shape index (κ3) is 1.35. The second-order valence-electron chi connectivity index (χ2n) is 2.63. The lowest BCUT2D eigenvalue weighted by atomic mass is 10.3. The summed E-state index contributed by atoms with van der Waals surface area (Å²) < 4.78 is 30.4. The third-order valence-corrected chi connectivity index (χ3v) is 2.26. The van der Waals surface area contributed by atoms with Gasteiger partial charge in [-0.1, -0.05) is 15.9 Å². The van der Waals surface area contributed by atoms with Crippen molar-refractivity contribution in [3.8, 4) is 0 Å². The second kappa shape index (κ2) is 3.20. The Morgan fingerprint density at radius 3 is 2.79 bits per heavy atom. The number of alkyl halides is 2. The molecule has 74 valence electrons. The zero-order chi connectivity index (χ0) is 10.3. The molecule has 0 saturated carbocycles. The van der Waals surface area contributed by atoms with Crippen LogP contribution in [0, 0.1) is 0 Å². The van der Waals surface area contributed by atoms with Crippen LogP contribution < -0.4 is 5.76 Å². The summed E-state index contributed by atoms with van der Waals surface area (Å²) in [4.78, 5) is 11.0. The van der Waals surface area contributed by atoms with Gasteiger partial charge in [0.2, 0.25) is 0 Å². The van der Waals surface area contributed by atoms with Gasteiger partial charge in [0.05, 0.1) is 5.52 Å². The zero-order valence-electron chi connectivity index (χ0n) is 6.71. The topological polar surface area (TPSA) is 35.1 Å². The van der Waals surface area contributed by atoms with Crippen molar-refractivity contribution in [1.82, 2.24) is 4.57 Å². The Kier molecular flexibility index (Phi) is 2.14. The number of fused-ring (bicyclic) bond motifs is 1. The second-order valence-corrected chi connectivity index (χ2v) is 3.54. The van der Waals surface area contributed by atoms with Crippen LogP contribution in [-0.4, -0.2) is 4.57 Å². The van der Waals surface area contributed by atoms with Crippen LogP contribution in [0.3, 0.4) is 0 Å². The van der Waals surface area contributed by atoms with Gasteiger partial charge in [0.1, 0.15) is 0 Å². The number of hydrogen-bond acceptors (Lipinski definition) is 2. The predicted molar refractivity (Wildman–Crippen MR) is 49.4 cm³/mol. The van der Waals surface area contributed by atoms with Gasteiger partial charge >= 0.3 is 12.3 Å². The van der Waals surface area contributed by atoms with Gasteiger partial charge in [-0.05, 0) is 18.2 Å². The van der Waals surface area contributed by atoms with Crippen molar-refractivity contribution < 1.29 is 13.2 Å². The minimum atomic E-state index is -2.89. The van der Waals surface area contributed by atoms with E-state index in [2.05, 4.69) is 20.3 Å². The summed E-state index contributed by atoms with van der Waals surface area (Å²) in [7, 11) is 0. The Balaban J connectivity index is 2.86. The molecule has 0 N–H and O–H groups in total. The summed E-state index contributed by atoms with van der Waals surface area (Å²) in [6.07, 6.45) is 0. The number of oxazole rings is 1. The number of nitrogens with zero attached hydrogens (tertiary/aromatic N) is 1. The minimum absolute atomic E-state index is 0.0828. The van der Waals surface area contributed by atoms with E-state index in [4.69, 9.17) is 0 Å². The quantitative estimate of drug-likeness (QED) is 0.793. The molecule has 0 radical (unpaired) electrons. The molecule has 0 unspecified atom stereocenters. The minimum Gasteiger partial charge on any atom is -0.408 e. The highest BCUT2D eigenvalue weighted by molar-refractivity contribution is 9.10. The molecule has 6 heteroatoms. The maximum atomic E-state index is 12.4. The molecule has 0 aliphatic heterocycles. The molecule has 3 nitrogen and oxygen atoms in total. The summed E-state index contributed by atoms with van der Waals surface area (Å²) >= 11 is 3.12. The normalized spacial score (nSPS) is 11.4. The Morgan fingerprint density at radius 1 is 1.43 bits per heavy atom. The van der Waals surface area contributed by atoms with E-state index in [1.165, 1.54) is 12.1 Å². The molecule has 1 aromatic heterocycles. The van der Waals surface area contributed by atoms with E-state index in [0.717, 1.165) is 0 Å². The molecular formula is C8H4BrF2NO2. The molecular weight excluding hydrogens is 260 g/mol. The molecule has 0 bridgehead atoms. The smallest absolute Gasteiger partial charge is 0.408 e. The third-order valence-electron chi connectivity index (χ3n) is 1.77. The molecule has 0 aliphatic rings. The first kappa shape index (κ1) is 9.39. The lowest BCUT2D eigenvalue weighted by molar-refractivity contribution is 0.0670. The van der Waals surface area contributed by atoms with Crippen LogP contribution in [0.15, 0.2) is 31.9 Å². The Morgan fingerprint density at radius 2 is 2.14 bits per heavy atom. The molecule has 0 saturated heterocycles. The van der Waals surface area contributed by atoms with Crippen molar-refractivity contribution in [2.75, 3.05) is 0 Å². The van der Waals surface area contributed by atoms with Crippen LogP contribution in [-0.2, 0) is 0 Å². The zero-order valence-corrected chi connectivity index (χ0v) is 8.29. The van der Waals surface area contributed by atoms with E-state index < -0.39 is 12.3 Å².